The smallest absolute Gasteiger partial charge is 0.220 e. The van der Waals surface area contributed by atoms with Crippen molar-refractivity contribution in [3.8, 4) is 0 Å². The molecule has 2 rings (SSSR count). The molecule has 1 N–H and O–H groups in total. The SMILES string of the molecule is Cc1ccc(CNC(=O)CC2(CC(=O)[O-])CCCC2)cc1. The Kier molecular flexibility index (Phi) is 4.99. The lowest BCUT2D eigenvalue weighted by Crippen LogP contribution is -2.35. The quantitative estimate of drug-likeness (QED) is 0.866. The molecule has 1 aliphatic rings. The normalized spacial score (nSPS) is 16.6. The van der Waals surface area contributed by atoms with Crippen molar-refractivity contribution in [1.29, 1.82) is 0 Å². The number of benzene rings is 1. The van der Waals surface area contributed by atoms with E-state index in [2.05, 4.69) is 5.32 Å². The van der Waals surface area contributed by atoms with E-state index >= 15 is 0 Å². The summed E-state index contributed by atoms with van der Waals surface area (Å²) in [5, 5.41) is 13.8. The third kappa shape index (κ3) is 4.59. The average molecular weight is 288 g/mol. The number of nitrogens with one attached hydrogen (secondary N) is 1. The highest BCUT2D eigenvalue weighted by atomic mass is 16.4. The molecule has 1 aliphatic carbocycles. The molecule has 1 aromatic carbocycles. The summed E-state index contributed by atoms with van der Waals surface area (Å²) in [5.74, 6) is -1.12. The highest BCUT2D eigenvalue weighted by Crippen LogP contribution is 2.43. The Bertz CT molecular complexity index is 501. The molecule has 1 saturated carbocycles. The Labute approximate surface area is 125 Å². The summed E-state index contributed by atoms with van der Waals surface area (Å²) in [7, 11) is 0. The molecule has 0 atom stereocenters. The summed E-state index contributed by atoms with van der Waals surface area (Å²) in [5.41, 5.74) is 1.84. The Morgan fingerprint density at radius 1 is 1.14 bits per heavy atom. The van der Waals surface area contributed by atoms with Crippen molar-refractivity contribution in [2.75, 3.05) is 0 Å². The van der Waals surface area contributed by atoms with Crippen molar-refractivity contribution in [2.45, 2.75) is 52.0 Å². The van der Waals surface area contributed by atoms with Crippen LogP contribution in [0.15, 0.2) is 24.3 Å². The van der Waals surface area contributed by atoms with Crippen molar-refractivity contribution >= 4 is 11.9 Å². The molecule has 1 amide bonds. The van der Waals surface area contributed by atoms with E-state index in [1.54, 1.807) is 0 Å². The molecule has 0 aliphatic heterocycles. The van der Waals surface area contributed by atoms with Gasteiger partial charge in [0.15, 0.2) is 0 Å². The van der Waals surface area contributed by atoms with Gasteiger partial charge in [0.2, 0.25) is 5.91 Å². The molecule has 1 fully saturated rings. The number of aliphatic carboxylic acids is 1. The van der Waals surface area contributed by atoms with E-state index in [0.717, 1.165) is 31.2 Å². The zero-order valence-electron chi connectivity index (χ0n) is 12.5. The predicted octanol–water partition coefficient (Wildman–Crippen LogP) is 1.70. The van der Waals surface area contributed by atoms with Gasteiger partial charge in [0.05, 0.1) is 0 Å². The number of aryl methyl sites for hydroxylation is 1. The Hall–Kier alpha value is -1.84. The van der Waals surface area contributed by atoms with Crippen LogP contribution in [0.25, 0.3) is 0 Å². The lowest BCUT2D eigenvalue weighted by molar-refractivity contribution is -0.308. The number of carbonyl (C=O) groups is 2. The van der Waals surface area contributed by atoms with E-state index in [1.807, 2.05) is 31.2 Å². The first kappa shape index (κ1) is 15.5. The zero-order chi connectivity index (χ0) is 15.3. The minimum Gasteiger partial charge on any atom is -0.550 e. The number of carbonyl (C=O) groups excluding carboxylic acids is 2. The van der Waals surface area contributed by atoms with Gasteiger partial charge in [0, 0.05) is 18.9 Å². The van der Waals surface area contributed by atoms with Crippen LogP contribution in [0.1, 0.15) is 49.7 Å². The standard InChI is InChI=1S/C17H23NO3/c1-13-4-6-14(7-5-13)12-18-15(19)10-17(11-16(20)21)8-2-3-9-17/h4-7H,2-3,8-12H2,1H3,(H,18,19)(H,20,21)/p-1. The summed E-state index contributed by atoms with van der Waals surface area (Å²) in [6.45, 7) is 2.51. The zero-order valence-corrected chi connectivity index (χ0v) is 12.5. The van der Waals surface area contributed by atoms with E-state index in [4.69, 9.17) is 0 Å². The lowest BCUT2D eigenvalue weighted by Gasteiger charge is -2.28. The van der Waals surface area contributed by atoms with Gasteiger partial charge in [-0.3, -0.25) is 4.79 Å². The topological polar surface area (TPSA) is 69.2 Å². The van der Waals surface area contributed by atoms with E-state index in [-0.39, 0.29) is 18.7 Å². The molecule has 0 saturated heterocycles. The third-order valence-electron chi connectivity index (χ3n) is 4.33. The maximum Gasteiger partial charge on any atom is 0.220 e. The second-order valence-electron chi connectivity index (χ2n) is 6.19. The van der Waals surface area contributed by atoms with Crippen molar-refractivity contribution in [3.05, 3.63) is 35.4 Å². The van der Waals surface area contributed by atoms with Gasteiger partial charge in [0.1, 0.15) is 0 Å². The second-order valence-corrected chi connectivity index (χ2v) is 6.19. The van der Waals surface area contributed by atoms with Gasteiger partial charge in [-0.2, -0.15) is 0 Å². The molecule has 4 nitrogen and oxygen atoms in total. The third-order valence-corrected chi connectivity index (χ3v) is 4.33. The van der Waals surface area contributed by atoms with Crippen LogP contribution >= 0.6 is 0 Å². The average Bonchev–Trinajstić information content (AvgIpc) is 2.85. The minimum atomic E-state index is -1.05. The summed E-state index contributed by atoms with van der Waals surface area (Å²) < 4.78 is 0. The van der Waals surface area contributed by atoms with Crippen LogP contribution in [0.3, 0.4) is 0 Å². The molecule has 0 unspecified atom stereocenters. The van der Waals surface area contributed by atoms with Gasteiger partial charge in [-0.25, -0.2) is 0 Å². The monoisotopic (exact) mass is 288 g/mol. The summed E-state index contributed by atoms with van der Waals surface area (Å²) in [4.78, 5) is 23.0. The van der Waals surface area contributed by atoms with Crippen LogP contribution in [-0.4, -0.2) is 11.9 Å². The first-order valence-corrected chi connectivity index (χ1v) is 7.51. The van der Waals surface area contributed by atoms with Gasteiger partial charge < -0.3 is 15.2 Å². The molecule has 1 aromatic rings. The maximum absolute atomic E-state index is 12.1. The van der Waals surface area contributed by atoms with Crippen LogP contribution in [-0.2, 0) is 16.1 Å². The fraction of sp³-hybridized carbons (Fsp3) is 0.529. The lowest BCUT2D eigenvalue weighted by atomic mass is 9.79. The number of carboxylic acid groups (broad SMARTS) is 1. The van der Waals surface area contributed by atoms with Crippen molar-refractivity contribution in [3.63, 3.8) is 0 Å². The van der Waals surface area contributed by atoms with Crippen molar-refractivity contribution in [1.82, 2.24) is 5.32 Å². The molecular weight excluding hydrogens is 266 g/mol. The number of hydrogen-bond acceptors (Lipinski definition) is 3. The summed E-state index contributed by atoms with van der Waals surface area (Å²) in [6, 6.07) is 8.00. The van der Waals surface area contributed by atoms with Gasteiger partial charge in [-0.15, -0.1) is 0 Å². The first-order chi connectivity index (χ1) is 9.99. The minimum absolute atomic E-state index is 0.00898. The predicted molar refractivity (Wildman–Crippen MR) is 78.2 cm³/mol. The Morgan fingerprint density at radius 2 is 1.76 bits per heavy atom. The fourth-order valence-corrected chi connectivity index (χ4v) is 3.16. The number of carboxylic acids is 1. The van der Waals surface area contributed by atoms with E-state index in [9.17, 15) is 14.7 Å². The molecule has 0 heterocycles. The fourth-order valence-electron chi connectivity index (χ4n) is 3.16. The van der Waals surface area contributed by atoms with Crippen molar-refractivity contribution in [2.24, 2.45) is 5.41 Å². The van der Waals surface area contributed by atoms with Gasteiger partial charge in [-0.05, 0) is 37.2 Å². The Morgan fingerprint density at radius 3 is 2.33 bits per heavy atom. The number of hydrogen-bond donors (Lipinski definition) is 1. The van der Waals surface area contributed by atoms with Crippen LogP contribution < -0.4 is 10.4 Å². The second kappa shape index (κ2) is 6.74. The molecule has 4 heteroatoms. The van der Waals surface area contributed by atoms with E-state index < -0.39 is 11.4 Å². The molecule has 0 aromatic heterocycles. The summed E-state index contributed by atoms with van der Waals surface area (Å²) >= 11 is 0. The Balaban J connectivity index is 1.87. The van der Waals surface area contributed by atoms with Gasteiger partial charge in [-0.1, -0.05) is 42.7 Å². The first-order valence-electron chi connectivity index (χ1n) is 7.51. The largest absolute Gasteiger partial charge is 0.550 e. The number of amides is 1. The molecular formula is C17H22NO3-. The van der Waals surface area contributed by atoms with E-state index in [1.165, 1.54) is 5.56 Å². The molecule has 0 spiro atoms. The van der Waals surface area contributed by atoms with Crippen LogP contribution in [0, 0.1) is 12.3 Å². The van der Waals surface area contributed by atoms with Crippen LogP contribution in [0.2, 0.25) is 0 Å². The maximum atomic E-state index is 12.1. The van der Waals surface area contributed by atoms with Gasteiger partial charge >= 0.3 is 0 Å². The van der Waals surface area contributed by atoms with Crippen LogP contribution in [0.4, 0.5) is 0 Å². The molecule has 114 valence electrons. The highest BCUT2D eigenvalue weighted by molar-refractivity contribution is 5.77. The van der Waals surface area contributed by atoms with Gasteiger partial charge in [0.25, 0.3) is 0 Å². The molecule has 0 radical (unpaired) electrons. The number of rotatable bonds is 6. The molecule has 0 bridgehead atoms. The van der Waals surface area contributed by atoms with Crippen LogP contribution in [0.5, 0.6) is 0 Å². The van der Waals surface area contributed by atoms with Crippen molar-refractivity contribution < 1.29 is 14.7 Å². The summed E-state index contributed by atoms with van der Waals surface area (Å²) in [6.07, 6.45) is 3.88. The van der Waals surface area contributed by atoms with E-state index in [0.29, 0.717) is 6.54 Å². The highest BCUT2D eigenvalue weighted by Gasteiger charge is 2.35. The molecule has 21 heavy (non-hydrogen) atoms.